The van der Waals surface area contributed by atoms with Gasteiger partial charge in [-0.05, 0) is 78.5 Å². The van der Waals surface area contributed by atoms with Crippen LogP contribution in [0.3, 0.4) is 0 Å². The maximum atomic E-state index is 12.5. The van der Waals surface area contributed by atoms with Crippen LogP contribution in [-0.2, 0) is 30.5 Å². The average molecular weight is 357 g/mol. The van der Waals surface area contributed by atoms with Crippen LogP contribution in [0.15, 0.2) is 36.4 Å². The first-order chi connectivity index (χ1) is 11.7. The Morgan fingerprint density at radius 3 is 2.68 bits per heavy atom. The first kappa shape index (κ1) is 17.8. The van der Waals surface area contributed by atoms with Gasteiger partial charge in [0.1, 0.15) is 0 Å². The molecule has 2 aromatic carbocycles. The van der Waals surface area contributed by atoms with Crippen molar-refractivity contribution < 1.29 is 4.79 Å². The largest absolute Gasteiger partial charge is 0.399 e. The lowest BCUT2D eigenvalue weighted by atomic mass is 9.87. The first-order valence-electron chi connectivity index (χ1n) is 8.97. The van der Waals surface area contributed by atoms with Gasteiger partial charge in [0.2, 0.25) is 5.91 Å². The number of nitrogens with two attached hydrogens (primary N) is 1. The number of nitrogens with one attached hydrogen (secondary N) is 1. The molecule has 1 unspecified atom stereocenters. The molecule has 0 fully saturated rings. The van der Waals surface area contributed by atoms with Crippen molar-refractivity contribution in [2.24, 2.45) is 0 Å². The molecule has 2 aromatic rings. The van der Waals surface area contributed by atoms with Crippen LogP contribution < -0.4 is 11.1 Å². The molecular formula is C21H25ClN2O. The van der Waals surface area contributed by atoms with E-state index in [4.69, 9.17) is 5.73 Å². The summed E-state index contributed by atoms with van der Waals surface area (Å²) in [6, 6.07) is 12.7. The number of carbonyl (C=O) groups excluding carboxylic acids is 1. The zero-order valence-electron chi connectivity index (χ0n) is 14.4. The number of halogens is 1. The van der Waals surface area contributed by atoms with Crippen molar-refractivity contribution in [3.05, 3.63) is 64.2 Å². The second-order valence-electron chi connectivity index (χ2n) is 7.10. The van der Waals surface area contributed by atoms with Crippen LogP contribution in [0, 0.1) is 0 Å². The van der Waals surface area contributed by atoms with E-state index in [0.29, 0.717) is 6.42 Å². The highest BCUT2D eigenvalue weighted by molar-refractivity contribution is 5.85. The smallest absolute Gasteiger partial charge is 0.224 e. The van der Waals surface area contributed by atoms with E-state index in [9.17, 15) is 4.79 Å². The number of hydrogen-bond donors (Lipinski definition) is 2. The summed E-state index contributed by atoms with van der Waals surface area (Å²) in [5.74, 6) is 0.114. The van der Waals surface area contributed by atoms with Crippen LogP contribution in [-0.4, -0.2) is 5.91 Å². The molecule has 0 saturated heterocycles. The second-order valence-corrected chi connectivity index (χ2v) is 7.10. The van der Waals surface area contributed by atoms with Crippen molar-refractivity contribution in [2.45, 2.75) is 51.0 Å². The molecule has 3 nitrogen and oxygen atoms in total. The summed E-state index contributed by atoms with van der Waals surface area (Å²) in [7, 11) is 0. The number of anilines is 1. The van der Waals surface area contributed by atoms with E-state index in [2.05, 4.69) is 29.6 Å². The van der Waals surface area contributed by atoms with Crippen molar-refractivity contribution >= 4 is 24.0 Å². The number of aryl methyl sites for hydroxylation is 3. The normalized spacial score (nSPS) is 18.0. The monoisotopic (exact) mass is 356 g/mol. The number of amides is 1. The molecule has 1 amide bonds. The molecule has 0 radical (unpaired) electrons. The highest BCUT2D eigenvalue weighted by Crippen LogP contribution is 2.31. The molecule has 0 heterocycles. The molecule has 3 N–H and O–H groups in total. The third kappa shape index (κ3) is 3.82. The molecule has 132 valence electrons. The van der Waals surface area contributed by atoms with Crippen molar-refractivity contribution in [1.82, 2.24) is 5.32 Å². The molecule has 0 aromatic heterocycles. The standard InChI is InChI=1S/C21H24N2O.ClH/c22-18-9-10-19-17(13-18)5-2-6-20(19)23-21(24)12-14-7-8-15-3-1-4-16(15)11-14;/h7-11,13,20H,1-6,12,22H2,(H,23,24);1H. The SMILES string of the molecule is Cl.Nc1ccc2c(c1)CCCC2NC(=O)Cc1ccc2c(c1)CCC2. The van der Waals surface area contributed by atoms with E-state index >= 15 is 0 Å². The van der Waals surface area contributed by atoms with Gasteiger partial charge in [0.15, 0.2) is 0 Å². The fraction of sp³-hybridized carbons (Fsp3) is 0.381. The highest BCUT2D eigenvalue weighted by atomic mass is 35.5. The molecule has 2 aliphatic carbocycles. The third-order valence-corrected chi connectivity index (χ3v) is 5.34. The van der Waals surface area contributed by atoms with Crippen molar-refractivity contribution in [3.8, 4) is 0 Å². The molecule has 0 bridgehead atoms. The molecule has 0 aliphatic heterocycles. The van der Waals surface area contributed by atoms with Gasteiger partial charge >= 0.3 is 0 Å². The van der Waals surface area contributed by atoms with Gasteiger partial charge in [-0.25, -0.2) is 0 Å². The maximum Gasteiger partial charge on any atom is 0.224 e. The quantitative estimate of drug-likeness (QED) is 0.819. The fourth-order valence-corrected chi connectivity index (χ4v) is 4.15. The van der Waals surface area contributed by atoms with Crippen LogP contribution in [0.2, 0.25) is 0 Å². The predicted octanol–water partition coefficient (Wildman–Crippen LogP) is 3.92. The number of benzene rings is 2. The van der Waals surface area contributed by atoms with Gasteiger partial charge in [-0.15, -0.1) is 12.4 Å². The van der Waals surface area contributed by atoms with E-state index in [1.807, 2.05) is 12.1 Å². The van der Waals surface area contributed by atoms with E-state index < -0.39 is 0 Å². The molecule has 4 rings (SSSR count). The van der Waals surface area contributed by atoms with Crippen LogP contribution in [0.25, 0.3) is 0 Å². The lowest BCUT2D eigenvalue weighted by molar-refractivity contribution is -0.121. The molecule has 0 saturated carbocycles. The molecule has 25 heavy (non-hydrogen) atoms. The van der Waals surface area contributed by atoms with Gasteiger partial charge in [-0.1, -0.05) is 24.3 Å². The van der Waals surface area contributed by atoms with Crippen LogP contribution in [0.1, 0.15) is 53.1 Å². The Kier molecular flexibility index (Phi) is 5.33. The predicted molar refractivity (Wildman–Crippen MR) is 104 cm³/mol. The first-order valence-corrected chi connectivity index (χ1v) is 8.97. The number of nitrogen functional groups attached to an aromatic ring is 1. The van der Waals surface area contributed by atoms with Crippen LogP contribution in [0.4, 0.5) is 5.69 Å². The van der Waals surface area contributed by atoms with Crippen LogP contribution in [0.5, 0.6) is 0 Å². The zero-order valence-corrected chi connectivity index (χ0v) is 15.2. The summed E-state index contributed by atoms with van der Waals surface area (Å²) in [5, 5.41) is 3.23. The Morgan fingerprint density at radius 2 is 1.80 bits per heavy atom. The minimum Gasteiger partial charge on any atom is -0.399 e. The van der Waals surface area contributed by atoms with Gasteiger partial charge < -0.3 is 11.1 Å². The highest BCUT2D eigenvalue weighted by Gasteiger charge is 2.22. The summed E-state index contributed by atoms with van der Waals surface area (Å²) >= 11 is 0. The Bertz CT molecular complexity index is 787. The Hall–Kier alpha value is -2.00. The topological polar surface area (TPSA) is 55.1 Å². The molecular weight excluding hydrogens is 332 g/mol. The molecule has 1 atom stereocenters. The van der Waals surface area contributed by atoms with Crippen LogP contribution >= 0.6 is 12.4 Å². The zero-order chi connectivity index (χ0) is 16.5. The summed E-state index contributed by atoms with van der Waals surface area (Å²) < 4.78 is 0. The molecule has 2 aliphatic rings. The lowest BCUT2D eigenvalue weighted by Crippen LogP contribution is -2.32. The van der Waals surface area contributed by atoms with E-state index in [1.165, 1.54) is 35.1 Å². The van der Waals surface area contributed by atoms with Gasteiger partial charge in [-0.2, -0.15) is 0 Å². The van der Waals surface area contributed by atoms with Gasteiger partial charge in [0, 0.05) is 5.69 Å². The summed E-state index contributed by atoms with van der Waals surface area (Å²) in [4.78, 5) is 12.5. The molecule has 0 spiro atoms. The summed E-state index contributed by atoms with van der Waals surface area (Å²) in [6.45, 7) is 0. The minimum absolute atomic E-state index is 0. The number of hydrogen-bond acceptors (Lipinski definition) is 2. The number of carbonyl (C=O) groups is 1. The van der Waals surface area contributed by atoms with Crippen molar-refractivity contribution in [2.75, 3.05) is 5.73 Å². The number of fused-ring (bicyclic) bond motifs is 2. The fourth-order valence-electron chi connectivity index (χ4n) is 4.15. The number of rotatable bonds is 3. The van der Waals surface area contributed by atoms with Gasteiger partial charge in [-0.3, -0.25) is 4.79 Å². The minimum atomic E-state index is 0. The van der Waals surface area contributed by atoms with E-state index in [-0.39, 0.29) is 24.4 Å². The van der Waals surface area contributed by atoms with E-state index in [1.54, 1.807) is 0 Å². The van der Waals surface area contributed by atoms with Gasteiger partial charge in [0.25, 0.3) is 0 Å². The Morgan fingerprint density at radius 1 is 1.00 bits per heavy atom. The van der Waals surface area contributed by atoms with E-state index in [0.717, 1.165) is 36.9 Å². The third-order valence-electron chi connectivity index (χ3n) is 5.34. The Balaban J connectivity index is 0.00000182. The second kappa shape index (κ2) is 7.49. The summed E-state index contributed by atoms with van der Waals surface area (Å²) in [6.07, 6.45) is 7.21. The van der Waals surface area contributed by atoms with Gasteiger partial charge in [0.05, 0.1) is 12.5 Å². The summed E-state index contributed by atoms with van der Waals surface area (Å²) in [5.41, 5.74) is 13.2. The molecule has 4 heteroatoms. The average Bonchev–Trinajstić information content (AvgIpc) is 3.02. The lowest BCUT2D eigenvalue weighted by Gasteiger charge is -2.26. The Labute approximate surface area is 155 Å². The van der Waals surface area contributed by atoms with Crippen molar-refractivity contribution in [1.29, 1.82) is 0 Å². The maximum absolute atomic E-state index is 12.5. The van der Waals surface area contributed by atoms with Crippen molar-refractivity contribution in [3.63, 3.8) is 0 Å².